The smallest absolute Gasteiger partial charge is 0.225 e. The molecule has 1 aromatic rings. The van der Waals surface area contributed by atoms with Gasteiger partial charge < -0.3 is 10.2 Å². The van der Waals surface area contributed by atoms with Crippen molar-refractivity contribution in [3.05, 3.63) is 17.4 Å². The first-order valence-electron chi connectivity index (χ1n) is 7.70. The molecule has 0 aromatic carbocycles. The zero-order valence-electron chi connectivity index (χ0n) is 12.3. The molecule has 1 aliphatic heterocycles. The molecule has 1 atom stereocenters. The Morgan fingerprint density at radius 2 is 2.10 bits per heavy atom. The number of hydrogen-bond acceptors (Lipinski definition) is 4. The normalized spacial score (nSPS) is 23.7. The number of amides is 1. The van der Waals surface area contributed by atoms with Gasteiger partial charge in [0.1, 0.15) is 0 Å². The molecular formula is C15H21ClN4O. The van der Waals surface area contributed by atoms with Gasteiger partial charge in [0.2, 0.25) is 11.9 Å². The number of halogens is 1. The van der Waals surface area contributed by atoms with Crippen molar-refractivity contribution in [2.75, 3.05) is 11.4 Å². The number of carbonyl (C=O) groups is 1. The van der Waals surface area contributed by atoms with Gasteiger partial charge in [-0.2, -0.15) is 0 Å². The lowest BCUT2D eigenvalue weighted by molar-refractivity contribution is -0.121. The molecule has 21 heavy (non-hydrogen) atoms. The van der Waals surface area contributed by atoms with Gasteiger partial charge in [0.25, 0.3) is 0 Å². The molecule has 5 nitrogen and oxygen atoms in total. The zero-order chi connectivity index (χ0) is 14.9. The molecule has 114 valence electrons. The highest BCUT2D eigenvalue weighted by molar-refractivity contribution is 6.30. The molecule has 0 bridgehead atoms. The summed E-state index contributed by atoms with van der Waals surface area (Å²) in [6.45, 7) is 2.78. The highest BCUT2D eigenvalue weighted by Crippen LogP contribution is 2.44. The molecular weight excluding hydrogens is 288 g/mol. The second-order valence-electron chi connectivity index (χ2n) is 5.93. The maximum absolute atomic E-state index is 11.8. The second kappa shape index (κ2) is 5.79. The summed E-state index contributed by atoms with van der Waals surface area (Å²) in [6, 6.07) is 0.201. The molecule has 3 rings (SSSR count). The Kier molecular flexibility index (Phi) is 4.02. The molecule has 2 heterocycles. The van der Waals surface area contributed by atoms with E-state index in [4.69, 9.17) is 11.6 Å². The van der Waals surface area contributed by atoms with Crippen molar-refractivity contribution in [1.29, 1.82) is 0 Å². The average Bonchev–Trinajstić information content (AvgIpc) is 3.10. The fraction of sp³-hybridized carbons (Fsp3) is 0.667. The van der Waals surface area contributed by atoms with E-state index in [9.17, 15) is 4.79 Å². The number of aromatic nitrogens is 2. The van der Waals surface area contributed by atoms with Crippen LogP contribution in [0.25, 0.3) is 0 Å². The van der Waals surface area contributed by atoms with Crippen molar-refractivity contribution < 1.29 is 4.79 Å². The van der Waals surface area contributed by atoms with E-state index >= 15 is 0 Å². The fourth-order valence-corrected chi connectivity index (χ4v) is 3.89. The fourth-order valence-electron chi connectivity index (χ4n) is 3.79. The number of rotatable bonds is 3. The van der Waals surface area contributed by atoms with Crippen LogP contribution in [0.4, 0.5) is 5.95 Å². The number of carbonyl (C=O) groups excluding carboxylic acids is 1. The van der Waals surface area contributed by atoms with E-state index < -0.39 is 0 Å². The molecule has 6 heteroatoms. The Hall–Kier alpha value is -1.36. The molecule has 0 radical (unpaired) electrons. The van der Waals surface area contributed by atoms with Gasteiger partial charge in [0.15, 0.2) is 0 Å². The van der Waals surface area contributed by atoms with Gasteiger partial charge in [-0.3, -0.25) is 4.79 Å². The van der Waals surface area contributed by atoms with Gasteiger partial charge in [0, 0.05) is 13.0 Å². The number of nitrogens with one attached hydrogen (secondary N) is 1. The summed E-state index contributed by atoms with van der Waals surface area (Å²) in [5, 5.41) is 3.76. The summed E-state index contributed by atoms with van der Waals surface area (Å²) in [4.78, 5) is 22.9. The van der Waals surface area contributed by atoms with Crippen molar-refractivity contribution in [2.45, 2.75) is 57.0 Å². The van der Waals surface area contributed by atoms with Crippen LogP contribution in [0.5, 0.6) is 0 Å². The van der Waals surface area contributed by atoms with E-state index in [2.05, 4.69) is 20.2 Å². The topological polar surface area (TPSA) is 58.1 Å². The minimum atomic E-state index is -0.0152. The third-order valence-corrected chi connectivity index (χ3v) is 5.00. The van der Waals surface area contributed by atoms with Crippen molar-refractivity contribution in [3.8, 4) is 0 Å². The largest absolute Gasteiger partial charge is 0.351 e. The van der Waals surface area contributed by atoms with Crippen molar-refractivity contribution in [3.63, 3.8) is 0 Å². The molecule has 1 saturated heterocycles. The van der Waals surface area contributed by atoms with E-state index in [1.807, 2.05) is 6.92 Å². The Morgan fingerprint density at radius 1 is 1.43 bits per heavy atom. The summed E-state index contributed by atoms with van der Waals surface area (Å²) < 4.78 is 0. The first-order chi connectivity index (χ1) is 10.2. The minimum Gasteiger partial charge on any atom is -0.351 e. The predicted molar refractivity (Wildman–Crippen MR) is 82.4 cm³/mol. The molecule has 1 saturated carbocycles. The highest BCUT2D eigenvalue weighted by atomic mass is 35.5. The maximum Gasteiger partial charge on any atom is 0.225 e. The molecule has 1 aromatic heterocycles. The van der Waals surface area contributed by atoms with Crippen LogP contribution < -0.4 is 10.2 Å². The second-order valence-corrected chi connectivity index (χ2v) is 6.36. The summed E-state index contributed by atoms with van der Waals surface area (Å²) >= 11 is 5.89. The highest BCUT2D eigenvalue weighted by Gasteiger charge is 2.51. The monoisotopic (exact) mass is 308 g/mol. The van der Waals surface area contributed by atoms with Crippen LogP contribution in [0.2, 0.25) is 5.02 Å². The minimum absolute atomic E-state index is 0.0152. The lowest BCUT2D eigenvalue weighted by Crippen LogP contribution is -2.55. The average molecular weight is 309 g/mol. The SMILES string of the molecule is CCC(=O)N[C@H]1CCN(c2ncc(Cl)cn2)C12CCCC2. The Labute approximate surface area is 130 Å². The lowest BCUT2D eigenvalue weighted by Gasteiger charge is -2.39. The molecule has 1 spiro atoms. The molecule has 1 aliphatic carbocycles. The molecule has 1 amide bonds. The van der Waals surface area contributed by atoms with Crippen LogP contribution in [0.15, 0.2) is 12.4 Å². The van der Waals surface area contributed by atoms with Crippen molar-refractivity contribution >= 4 is 23.5 Å². The van der Waals surface area contributed by atoms with Crippen molar-refractivity contribution in [1.82, 2.24) is 15.3 Å². The van der Waals surface area contributed by atoms with Gasteiger partial charge >= 0.3 is 0 Å². The maximum atomic E-state index is 11.8. The first kappa shape index (κ1) is 14.6. The van der Waals surface area contributed by atoms with Gasteiger partial charge in [0.05, 0.1) is 29.0 Å². The van der Waals surface area contributed by atoms with Crippen LogP contribution >= 0.6 is 11.6 Å². The third-order valence-electron chi connectivity index (χ3n) is 4.80. The number of nitrogens with zero attached hydrogens (tertiary/aromatic N) is 3. The standard InChI is InChI=1S/C15H21ClN4O/c1-2-13(21)19-12-5-8-20(15(12)6-3-4-7-15)14-17-9-11(16)10-18-14/h9-10,12H,2-8H2,1H3,(H,19,21)/t12-/m0/s1. The summed E-state index contributed by atoms with van der Waals surface area (Å²) in [7, 11) is 0. The van der Waals surface area contributed by atoms with Crippen LogP contribution in [0.1, 0.15) is 45.4 Å². The van der Waals surface area contributed by atoms with Gasteiger partial charge in [-0.15, -0.1) is 0 Å². The van der Waals surface area contributed by atoms with E-state index in [0.717, 1.165) is 31.8 Å². The van der Waals surface area contributed by atoms with Crippen LogP contribution in [-0.2, 0) is 4.79 Å². The summed E-state index contributed by atoms with van der Waals surface area (Å²) in [5.41, 5.74) is -0.0152. The van der Waals surface area contributed by atoms with E-state index in [1.54, 1.807) is 12.4 Å². The van der Waals surface area contributed by atoms with Gasteiger partial charge in [-0.05, 0) is 19.3 Å². The Bertz CT molecular complexity index is 513. The summed E-state index contributed by atoms with van der Waals surface area (Å²) in [6.07, 6.45) is 9.35. The van der Waals surface area contributed by atoms with Gasteiger partial charge in [-0.1, -0.05) is 31.4 Å². The molecule has 0 unspecified atom stereocenters. The van der Waals surface area contributed by atoms with E-state index in [0.29, 0.717) is 11.4 Å². The first-order valence-corrected chi connectivity index (χ1v) is 8.08. The molecule has 2 aliphatic rings. The molecule has 1 N–H and O–H groups in total. The quantitative estimate of drug-likeness (QED) is 0.932. The Morgan fingerprint density at radius 3 is 2.71 bits per heavy atom. The van der Waals surface area contributed by atoms with Crippen LogP contribution in [0.3, 0.4) is 0 Å². The Balaban J connectivity index is 1.87. The lowest BCUT2D eigenvalue weighted by atomic mass is 9.89. The van der Waals surface area contributed by atoms with E-state index in [1.165, 1.54) is 12.8 Å². The predicted octanol–water partition coefficient (Wildman–Crippen LogP) is 2.55. The van der Waals surface area contributed by atoms with Crippen molar-refractivity contribution in [2.24, 2.45) is 0 Å². The third kappa shape index (κ3) is 2.59. The van der Waals surface area contributed by atoms with Crippen LogP contribution in [-0.4, -0.2) is 34.0 Å². The molecule has 2 fully saturated rings. The zero-order valence-corrected chi connectivity index (χ0v) is 13.1. The van der Waals surface area contributed by atoms with Crippen LogP contribution in [0, 0.1) is 0 Å². The van der Waals surface area contributed by atoms with E-state index in [-0.39, 0.29) is 17.5 Å². The number of hydrogen-bond donors (Lipinski definition) is 1. The number of anilines is 1. The summed E-state index contributed by atoms with van der Waals surface area (Å²) in [5.74, 6) is 0.861. The van der Waals surface area contributed by atoms with Gasteiger partial charge in [-0.25, -0.2) is 9.97 Å².